The lowest BCUT2D eigenvalue weighted by molar-refractivity contribution is 0.267. The summed E-state index contributed by atoms with van der Waals surface area (Å²) < 4.78 is 33.2. The second-order valence-corrected chi connectivity index (χ2v) is 7.86. The van der Waals surface area contributed by atoms with Gasteiger partial charge in [0.05, 0.1) is 7.11 Å². The first-order chi connectivity index (χ1) is 8.96. The molecule has 0 saturated carbocycles. The Morgan fingerprint density at radius 2 is 2.11 bits per heavy atom. The SMILES string of the molecule is COc1ccc(I)cc1S(=O)(=O)N1CCCC[C@H]1C. The number of benzene rings is 1. The molecule has 6 heteroatoms. The lowest BCUT2D eigenvalue weighted by Gasteiger charge is -2.32. The van der Waals surface area contributed by atoms with E-state index < -0.39 is 10.0 Å². The molecule has 106 valence electrons. The normalized spacial score (nSPS) is 21.3. The van der Waals surface area contributed by atoms with Gasteiger partial charge in [-0.1, -0.05) is 6.42 Å². The van der Waals surface area contributed by atoms with E-state index in [4.69, 9.17) is 4.74 Å². The molecule has 1 aromatic rings. The zero-order chi connectivity index (χ0) is 14.0. The van der Waals surface area contributed by atoms with E-state index in [9.17, 15) is 8.42 Å². The van der Waals surface area contributed by atoms with Crippen molar-refractivity contribution in [3.8, 4) is 5.75 Å². The van der Waals surface area contributed by atoms with Gasteiger partial charge < -0.3 is 4.74 Å². The van der Waals surface area contributed by atoms with Crippen molar-refractivity contribution in [2.45, 2.75) is 37.1 Å². The highest BCUT2D eigenvalue weighted by atomic mass is 127. The standard InChI is InChI=1S/C13H18INO3S/c1-10-5-3-4-8-15(10)19(16,17)13-9-11(14)6-7-12(13)18-2/h6-7,9-10H,3-5,8H2,1-2H3/t10-/m1/s1. The molecule has 0 spiro atoms. The molecular weight excluding hydrogens is 377 g/mol. The molecule has 0 N–H and O–H groups in total. The maximum atomic E-state index is 12.8. The van der Waals surface area contributed by atoms with Gasteiger partial charge in [0, 0.05) is 16.2 Å². The van der Waals surface area contributed by atoms with Gasteiger partial charge >= 0.3 is 0 Å². The second kappa shape index (κ2) is 5.97. The van der Waals surface area contributed by atoms with E-state index >= 15 is 0 Å². The summed E-state index contributed by atoms with van der Waals surface area (Å²) in [7, 11) is -1.97. The van der Waals surface area contributed by atoms with Crippen molar-refractivity contribution in [3.05, 3.63) is 21.8 Å². The summed E-state index contributed by atoms with van der Waals surface area (Å²) in [5, 5.41) is 0. The number of ether oxygens (including phenoxy) is 1. The number of hydrogen-bond donors (Lipinski definition) is 0. The van der Waals surface area contributed by atoms with Crippen molar-refractivity contribution in [3.63, 3.8) is 0 Å². The van der Waals surface area contributed by atoms with Crippen LogP contribution in [0.15, 0.2) is 23.1 Å². The lowest BCUT2D eigenvalue weighted by Crippen LogP contribution is -2.42. The van der Waals surface area contributed by atoms with E-state index in [1.165, 1.54) is 7.11 Å². The number of methoxy groups -OCH3 is 1. The summed E-state index contributed by atoms with van der Waals surface area (Å²) in [5.74, 6) is 0.415. The highest BCUT2D eigenvalue weighted by molar-refractivity contribution is 14.1. The summed E-state index contributed by atoms with van der Waals surface area (Å²) in [6, 6.07) is 5.29. The Hall–Kier alpha value is -0.340. The number of hydrogen-bond acceptors (Lipinski definition) is 3. The van der Waals surface area contributed by atoms with E-state index in [0.717, 1.165) is 22.8 Å². The first-order valence-corrected chi connectivity index (χ1v) is 8.84. The summed E-state index contributed by atoms with van der Waals surface area (Å²) in [5.41, 5.74) is 0. The fourth-order valence-electron chi connectivity index (χ4n) is 2.41. The van der Waals surface area contributed by atoms with Gasteiger partial charge in [-0.05, 0) is 60.6 Å². The Morgan fingerprint density at radius 3 is 2.74 bits per heavy atom. The molecule has 0 radical (unpaired) electrons. The average molecular weight is 395 g/mol. The third-order valence-corrected chi connectivity index (χ3v) is 6.16. The van der Waals surface area contributed by atoms with Crippen molar-refractivity contribution in [2.24, 2.45) is 0 Å². The minimum atomic E-state index is -3.47. The Balaban J connectivity index is 2.46. The van der Waals surface area contributed by atoms with Crippen LogP contribution < -0.4 is 4.74 Å². The summed E-state index contributed by atoms with van der Waals surface area (Å²) >= 11 is 2.12. The van der Waals surface area contributed by atoms with Crippen molar-refractivity contribution < 1.29 is 13.2 Å². The molecule has 0 amide bonds. The molecule has 1 aliphatic rings. The largest absolute Gasteiger partial charge is 0.495 e. The van der Waals surface area contributed by atoms with Gasteiger partial charge in [-0.15, -0.1) is 0 Å². The van der Waals surface area contributed by atoms with Crippen LogP contribution in [0.25, 0.3) is 0 Å². The summed E-state index contributed by atoms with van der Waals surface area (Å²) in [6.45, 7) is 2.56. The van der Waals surface area contributed by atoms with Crippen LogP contribution in [0.5, 0.6) is 5.75 Å². The fraction of sp³-hybridized carbons (Fsp3) is 0.538. The quantitative estimate of drug-likeness (QED) is 0.740. The Bertz CT molecular complexity index is 559. The summed E-state index contributed by atoms with van der Waals surface area (Å²) in [6.07, 6.45) is 2.94. The van der Waals surface area contributed by atoms with Gasteiger partial charge in [0.15, 0.2) is 0 Å². The molecule has 1 aliphatic heterocycles. The van der Waals surface area contributed by atoms with Crippen LogP contribution in [-0.4, -0.2) is 32.4 Å². The summed E-state index contributed by atoms with van der Waals surface area (Å²) in [4.78, 5) is 0.274. The lowest BCUT2D eigenvalue weighted by atomic mass is 10.1. The van der Waals surface area contributed by atoms with Crippen LogP contribution in [0.3, 0.4) is 0 Å². The highest BCUT2D eigenvalue weighted by Crippen LogP contribution is 2.31. The van der Waals surface area contributed by atoms with E-state index in [2.05, 4.69) is 22.6 Å². The van der Waals surface area contributed by atoms with E-state index in [1.807, 2.05) is 13.0 Å². The van der Waals surface area contributed by atoms with Gasteiger partial charge in [-0.25, -0.2) is 8.42 Å². The van der Waals surface area contributed by atoms with Gasteiger partial charge in [-0.2, -0.15) is 4.31 Å². The Kier molecular flexibility index (Phi) is 4.73. The average Bonchev–Trinajstić information content (AvgIpc) is 2.39. The molecule has 1 fully saturated rings. The first kappa shape index (κ1) is 15.1. The molecule has 0 aliphatic carbocycles. The Labute approximate surface area is 128 Å². The predicted molar refractivity (Wildman–Crippen MR) is 82.9 cm³/mol. The van der Waals surface area contributed by atoms with Crippen LogP contribution in [-0.2, 0) is 10.0 Å². The molecule has 1 aromatic carbocycles. The molecule has 1 saturated heterocycles. The number of nitrogens with zero attached hydrogens (tertiary/aromatic N) is 1. The maximum absolute atomic E-state index is 12.8. The third kappa shape index (κ3) is 3.05. The smallest absolute Gasteiger partial charge is 0.247 e. The molecule has 0 aromatic heterocycles. The monoisotopic (exact) mass is 395 g/mol. The molecular formula is C13H18INO3S. The fourth-order valence-corrected chi connectivity index (χ4v) is 4.99. The van der Waals surface area contributed by atoms with Gasteiger partial charge in [0.1, 0.15) is 10.6 Å². The molecule has 1 heterocycles. The molecule has 0 bridgehead atoms. The third-order valence-electron chi connectivity index (χ3n) is 3.45. The topological polar surface area (TPSA) is 46.6 Å². The van der Waals surface area contributed by atoms with Crippen LogP contribution >= 0.6 is 22.6 Å². The van der Waals surface area contributed by atoms with Gasteiger partial charge in [0.25, 0.3) is 0 Å². The molecule has 19 heavy (non-hydrogen) atoms. The van der Waals surface area contributed by atoms with Crippen LogP contribution in [0.2, 0.25) is 0 Å². The van der Waals surface area contributed by atoms with E-state index in [1.54, 1.807) is 16.4 Å². The van der Waals surface area contributed by atoms with E-state index in [0.29, 0.717) is 12.3 Å². The second-order valence-electron chi connectivity index (χ2n) is 4.76. The first-order valence-electron chi connectivity index (χ1n) is 6.32. The van der Waals surface area contributed by atoms with Crippen molar-refractivity contribution in [1.29, 1.82) is 0 Å². The highest BCUT2D eigenvalue weighted by Gasteiger charge is 2.33. The van der Waals surface area contributed by atoms with Crippen LogP contribution in [0, 0.1) is 3.57 Å². The van der Waals surface area contributed by atoms with Crippen LogP contribution in [0.1, 0.15) is 26.2 Å². The maximum Gasteiger partial charge on any atom is 0.247 e. The molecule has 0 unspecified atom stereocenters. The zero-order valence-electron chi connectivity index (χ0n) is 11.1. The molecule has 2 rings (SSSR count). The number of sulfonamides is 1. The Morgan fingerprint density at radius 1 is 1.37 bits per heavy atom. The minimum Gasteiger partial charge on any atom is -0.495 e. The zero-order valence-corrected chi connectivity index (χ0v) is 14.1. The van der Waals surface area contributed by atoms with Gasteiger partial charge in [0.2, 0.25) is 10.0 Å². The molecule has 1 atom stereocenters. The number of piperidine rings is 1. The van der Waals surface area contributed by atoms with Crippen molar-refractivity contribution >= 4 is 32.6 Å². The van der Waals surface area contributed by atoms with Crippen molar-refractivity contribution in [1.82, 2.24) is 4.31 Å². The minimum absolute atomic E-state index is 0.0568. The predicted octanol–water partition coefficient (Wildman–Crippen LogP) is 2.86. The van der Waals surface area contributed by atoms with E-state index in [-0.39, 0.29) is 10.9 Å². The van der Waals surface area contributed by atoms with Gasteiger partial charge in [-0.3, -0.25) is 0 Å². The molecule has 4 nitrogen and oxygen atoms in total. The number of halogens is 1. The number of rotatable bonds is 3. The van der Waals surface area contributed by atoms with Crippen molar-refractivity contribution in [2.75, 3.05) is 13.7 Å². The van der Waals surface area contributed by atoms with Crippen LogP contribution in [0.4, 0.5) is 0 Å².